The fourth-order valence-electron chi connectivity index (χ4n) is 2.88. The van der Waals surface area contributed by atoms with E-state index in [4.69, 9.17) is 10.5 Å². The molecule has 7 nitrogen and oxygen atoms in total. The van der Waals surface area contributed by atoms with Crippen molar-refractivity contribution >= 4 is 11.8 Å². The van der Waals surface area contributed by atoms with E-state index < -0.39 is 5.91 Å². The molecule has 1 unspecified atom stereocenters. The van der Waals surface area contributed by atoms with Crippen LogP contribution in [0, 0.1) is 17.2 Å². The minimum Gasteiger partial charge on any atom is -0.497 e. The van der Waals surface area contributed by atoms with Gasteiger partial charge in [0, 0.05) is 25.2 Å². The summed E-state index contributed by atoms with van der Waals surface area (Å²) in [6, 6.07) is 9.09. The quantitative estimate of drug-likeness (QED) is 0.593. The molecule has 0 bridgehead atoms. The van der Waals surface area contributed by atoms with Gasteiger partial charge in [0.15, 0.2) is 0 Å². The lowest BCUT2D eigenvalue weighted by molar-refractivity contribution is -0.123. The second kappa shape index (κ2) is 8.90. The molecule has 0 aliphatic carbocycles. The Hall–Kier alpha value is -3.01. The molecule has 1 heterocycles. The summed E-state index contributed by atoms with van der Waals surface area (Å²) in [5.74, 6) is -0.105. The van der Waals surface area contributed by atoms with Crippen LogP contribution in [0.25, 0.3) is 0 Å². The molecule has 0 spiro atoms. The fourth-order valence-corrected chi connectivity index (χ4v) is 2.88. The van der Waals surface area contributed by atoms with E-state index in [0.717, 1.165) is 11.3 Å². The third-order valence-electron chi connectivity index (χ3n) is 4.57. The number of carbonyl (C=O) groups is 2. The number of piperidine rings is 1. The van der Waals surface area contributed by atoms with Crippen molar-refractivity contribution in [2.75, 3.05) is 20.2 Å². The number of primary amides is 1. The lowest BCUT2D eigenvalue weighted by Gasteiger charge is -2.29. The molecule has 138 valence electrons. The Labute approximate surface area is 153 Å². The monoisotopic (exact) mass is 356 g/mol. The highest BCUT2D eigenvalue weighted by Gasteiger charge is 2.23. The first-order valence-corrected chi connectivity index (χ1v) is 8.54. The molecule has 0 radical (unpaired) electrons. The lowest BCUT2D eigenvalue weighted by Crippen LogP contribution is -2.37. The molecule has 2 rings (SSSR count). The van der Waals surface area contributed by atoms with Crippen LogP contribution >= 0.6 is 0 Å². The van der Waals surface area contributed by atoms with E-state index in [1.807, 2.05) is 42.2 Å². The van der Waals surface area contributed by atoms with Gasteiger partial charge in [-0.3, -0.25) is 9.59 Å². The van der Waals surface area contributed by atoms with Crippen LogP contribution in [0.4, 0.5) is 0 Å². The maximum atomic E-state index is 12.4. The first kappa shape index (κ1) is 19.3. The molecule has 1 aliphatic rings. The Balaban J connectivity index is 1.97. The molecule has 1 atom stereocenters. The van der Waals surface area contributed by atoms with Crippen LogP contribution in [0.1, 0.15) is 31.4 Å². The molecule has 0 aromatic heterocycles. The topological polar surface area (TPSA) is 108 Å². The molecule has 3 N–H and O–H groups in total. The van der Waals surface area contributed by atoms with Crippen LogP contribution in [-0.2, 0) is 9.59 Å². The normalized spacial score (nSPS) is 16.5. The van der Waals surface area contributed by atoms with E-state index in [9.17, 15) is 14.9 Å². The Morgan fingerprint density at radius 3 is 2.46 bits per heavy atom. The summed E-state index contributed by atoms with van der Waals surface area (Å²) >= 11 is 0. The number of amides is 2. The zero-order chi connectivity index (χ0) is 19.1. The average molecular weight is 356 g/mol. The van der Waals surface area contributed by atoms with E-state index in [0.29, 0.717) is 25.9 Å². The van der Waals surface area contributed by atoms with Crippen molar-refractivity contribution < 1.29 is 14.3 Å². The highest BCUT2D eigenvalue weighted by molar-refractivity contribution is 5.97. The van der Waals surface area contributed by atoms with Gasteiger partial charge in [-0.05, 0) is 37.5 Å². The highest BCUT2D eigenvalue weighted by atomic mass is 16.5. The Morgan fingerprint density at radius 1 is 1.35 bits per heavy atom. The van der Waals surface area contributed by atoms with Crippen LogP contribution in [0.3, 0.4) is 0 Å². The predicted molar refractivity (Wildman–Crippen MR) is 96.7 cm³/mol. The lowest BCUT2D eigenvalue weighted by atomic mass is 9.96. The smallest absolute Gasteiger partial charge is 0.263 e. The van der Waals surface area contributed by atoms with Gasteiger partial charge in [0.1, 0.15) is 17.4 Å². The number of hydrogen-bond donors (Lipinski definition) is 2. The molecule has 1 fully saturated rings. The number of carbonyl (C=O) groups excluding carboxylic acids is 2. The average Bonchev–Trinajstić information content (AvgIpc) is 2.66. The van der Waals surface area contributed by atoms with E-state index in [2.05, 4.69) is 5.32 Å². The number of likely N-dealkylation sites (tertiary alicyclic amines) is 1. The Bertz CT molecular complexity index is 713. The van der Waals surface area contributed by atoms with E-state index >= 15 is 0 Å². The van der Waals surface area contributed by atoms with E-state index in [1.165, 1.54) is 0 Å². The van der Waals surface area contributed by atoms with Gasteiger partial charge in [-0.2, -0.15) is 5.26 Å². The maximum absolute atomic E-state index is 12.4. The molecule has 26 heavy (non-hydrogen) atoms. The summed E-state index contributed by atoms with van der Waals surface area (Å²) in [6.45, 7) is 3.05. The van der Waals surface area contributed by atoms with Gasteiger partial charge in [-0.25, -0.2) is 0 Å². The van der Waals surface area contributed by atoms with Crippen molar-refractivity contribution in [2.24, 2.45) is 11.7 Å². The molecular weight excluding hydrogens is 332 g/mol. The fraction of sp³-hybridized carbons (Fsp3) is 0.421. The Morgan fingerprint density at radius 2 is 1.96 bits per heavy atom. The van der Waals surface area contributed by atoms with Crippen LogP contribution in [0.2, 0.25) is 0 Å². The van der Waals surface area contributed by atoms with Crippen LogP contribution < -0.4 is 15.8 Å². The number of nitrogens with two attached hydrogens (primary N) is 1. The zero-order valence-corrected chi connectivity index (χ0v) is 15.1. The SMILES string of the molecule is COc1ccc(C(C)NC(=O)/C(C#N)=C\N2CCC(C(N)=O)CC2)cc1. The number of nitrogens with one attached hydrogen (secondary N) is 1. The number of rotatable bonds is 6. The first-order valence-electron chi connectivity index (χ1n) is 8.54. The third kappa shape index (κ3) is 4.99. The zero-order valence-electron chi connectivity index (χ0n) is 15.1. The van der Waals surface area contributed by atoms with Gasteiger partial charge in [0.05, 0.1) is 13.2 Å². The first-order chi connectivity index (χ1) is 12.4. The molecule has 2 amide bonds. The number of nitrogens with zero attached hydrogens (tertiary/aromatic N) is 2. The third-order valence-corrected chi connectivity index (χ3v) is 4.57. The number of hydrogen-bond acceptors (Lipinski definition) is 5. The van der Waals surface area contributed by atoms with Crippen molar-refractivity contribution in [3.05, 3.63) is 41.6 Å². The summed E-state index contributed by atoms with van der Waals surface area (Å²) in [5.41, 5.74) is 6.28. The molecule has 1 aromatic rings. The molecule has 7 heteroatoms. The summed E-state index contributed by atoms with van der Waals surface area (Å²) in [5, 5.41) is 12.2. The van der Waals surface area contributed by atoms with Gasteiger partial charge in [0.25, 0.3) is 5.91 Å². The highest BCUT2D eigenvalue weighted by Crippen LogP contribution is 2.19. The van der Waals surface area contributed by atoms with Gasteiger partial charge in [-0.1, -0.05) is 12.1 Å². The van der Waals surface area contributed by atoms with Crippen LogP contribution in [0.15, 0.2) is 36.0 Å². The minimum absolute atomic E-state index is 0.0443. The van der Waals surface area contributed by atoms with Crippen molar-refractivity contribution in [1.29, 1.82) is 5.26 Å². The van der Waals surface area contributed by atoms with Gasteiger partial charge in [0.2, 0.25) is 5.91 Å². The number of benzene rings is 1. The minimum atomic E-state index is -0.423. The standard InChI is InChI=1S/C19H24N4O3/c1-13(14-3-5-17(26-2)6-4-14)22-19(25)16(11-20)12-23-9-7-15(8-10-23)18(21)24/h3-6,12-13,15H,7-10H2,1-2H3,(H2,21,24)(H,22,25)/b16-12-. The van der Waals surface area contributed by atoms with Crippen molar-refractivity contribution in [1.82, 2.24) is 10.2 Å². The second-order valence-corrected chi connectivity index (χ2v) is 6.34. The van der Waals surface area contributed by atoms with E-state index in [1.54, 1.807) is 13.3 Å². The van der Waals surface area contributed by atoms with Crippen molar-refractivity contribution in [3.8, 4) is 11.8 Å². The molecule has 1 saturated heterocycles. The Kier molecular flexibility index (Phi) is 6.61. The summed E-state index contributed by atoms with van der Waals surface area (Å²) in [4.78, 5) is 25.5. The van der Waals surface area contributed by atoms with E-state index in [-0.39, 0.29) is 23.4 Å². The molecular formula is C19H24N4O3. The molecule has 1 aromatic carbocycles. The van der Waals surface area contributed by atoms with Crippen LogP contribution in [-0.4, -0.2) is 36.9 Å². The largest absolute Gasteiger partial charge is 0.497 e. The number of methoxy groups -OCH3 is 1. The maximum Gasteiger partial charge on any atom is 0.263 e. The number of nitriles is 1. The number of ether oxygens (including phenoxy) is 1. The molecule has 1 aliphatic heterocycles. The summed E-state index contributed by atoms with van der Waals surface area (Å²) in [7, 11) is 1.59. The summed E-state index contributed by atoms with van der Waals surface area (Å²) < 4.78 is 5.12. The summed E-state index contributed by atoms with van der Waals surface area (Å²) in [6.07, 6.45) is 2.83. The van der Waals surface area contributed by atoms with Crippen LogP contribution in [0.5, 0.6) is 5.75 Å². The predicted octanol–water partition coefficient (Wildman–Crippen LogP) is 1.48. The van der Waals surface area contributed by atoms with Gasteiger partial charge < -0.3 is 20.7 Å². The van der Waals surface area contributed by atoms with Gasteiger partial charge in [-0.15, -0.1) is 0 Å². The van der Waals surface area contributed by atoms with Gasteiger partial charge >= 0.3 is 0 Å². The second-order valence-electron chi connectivity index (χ2n) is 6.34. The van der Waals surface area contributed by atoms with Crippen molar-refractivity contribution in [2.45, 2.75) is 25.8 Å². The molecule has 0 saturated carbocycles. The van der Waals surface area contributed by atoms with Crippen molar-refractivity contribution in [3.63, 3.8) is 0 Å².